The van der Waals surface area contributed by atoms with Crippen LogP contribution in [0.1, 0.15) is 10.8 Å². The predicted octanol–water partition coefficient (Wildman–Crippen LogP) is 4.07. The van der Waals surface area contributed by atoms with Crippen molar-refractivity contribution in [2.24, 2.45) is 0 Å². The van der Waals surface area contributed by atoms with E-state index in [1.165, 1.54) is 18.3 Å². The largest absolute Gasteiger partial charge is 0.336 e. The Hall–Kier alpha value is -2.90. The van der Waals surface area contributed by atoms with E-state index in [2.05, 4.69) is 15.6 Å². The number of hydrogen-bond acceptors (Lipinski definition) is 4. The Labute approximate surface area is 168 Å². The Morgan fingerprint density at radius 3 is 2.36 bits per heavy atom. The highest BCUT2D eigenvalue weighted by Gasteiger charge is 2.29. The molecular weight excluding hydrogens is 398 g/mol. The number of benzene rings is 2. The molecule has 1 aromatic heterocycles. The zero-order chi connectivity index (χ0) is 20.0. The zero-order valence-electron chi connectivity index (χ0n) is 14.7. The highest BCUT2D eigenvalue weighted by atomic mass is 35.5. The molecule has 6 nitrogen and oxygen atoms in total. The van der Waals surface area contributed by atoms with Crippen molar-refractivity contribution < 1.29 is 13.2 Å². The number of amides is 2. The maximum Gasteiger partial charge on any atom is 0.319 e. The monoisotopic (exact) mass is 415 g/mol. The molecule has 2 amide bonds. The summed E-state index contributed by atoms with van der Waals surface area (Å²) in [6, 6.07) is 17.6. The molecule has 0 radical (unpaired) electrons. The lowest BCUT2D eigenvalue weighted by molar-refractivity contribution is 0.252. The molecule has 0 aliphatic carbocycles. The number of carbonyl (C=O) groups excluding carboxylic acids is 1. The van der Waals surface area contributed by atoms with Gasteiger partial charge in [0.1, 0.15) is 5.25 Å². The molecule has 0 saturated heterocycles. The van der Waals surface area contributed by atoms with Crippen LogP contribution in [0.3, 0.4) is 0 Å². The standard InChI is InChI=1S/C20H18ClN3O3S/c21-16-8-10-17(11-9-16)24-20(25)23-14-19(15-5-4-12-22-13-15)28(26,27)18-6-2-1-3-7-18/h1-13,19H,14H2,(H2,23,24,25). The molecule has 8 heteroatoms. The number of anilines is 1. The highest BCUT2D eigenvalue weighted by Crippen LogP contribution is 2.28. The lowest BCUT2D eigenvalue weighted by atomic mass is 10.2. The Kier molecular flexibility index (Phi) is 6.28. The molecule has 2 N–H and O–H groups in total. The third kappa shape index (κ3) is 4.88. The van der Waals surface area contributed by atoms with Crippen molar-refractivity contribution in [3.05, 3.63) is 89.7 Å². The SMILES string of the molecule is O=C(NCC(c1cccnc1)S(=O)(=O)c1ccccc1)Nc1ccc(Cl)cc1. The quantitative estimate of drug-likeness (QED) is 0.635. The Morgan fingerprint density at radius 1 is 1.00 bits per heavy atom. The average molecular weight is 416 g/mol. The second-order valence-corrected chi connectivity index (χ2v) is 8.54. The van der Waals surface area contributed by atoms with Crippen molar-refractivity contribution in [1.29, 1.82) is 0 Å². The van der Waals surface area contributed by atoms with Gasteiger partial charge in [-0.25, -0.2) is 13.2 Å². The molecule has 0 fully saturated rings. The van der Waals surface area contributed by atoms with Crippen LogP contribution in [0, 0.1) is 0 Å². The summed E-state index contributed by atoms with van der Waals surface area (Å²) >= 11 is 5.83. The van der Waals surface area contributed by atoms with Crippen LogP contribution in [0.4, 0.5) is 10.5 Å². The van der Waals surface area contributed by atoms with E-state index in [1.54, 1.807) is 60.8 Å². The topological polar surface area (TPSA) is 88.2 Å². The van der Waals surface area contributed by atoms with E-state index in [4.69, 9.17) is 11.6 Å². The molecule has 0 spiro atoms. The first-order chi connectivity index (χ1) is 13.5. The predicted molar refractivity (Wildman–Crippen MR) is 109 cm³/mol. The Balaban J connectivity index is 1.78. The van der Waals surface area contributed by atoms with Gasteiger partial charge < -0.3 is 10.6 Å². The van der Waals surface area contributed by atoms with E-state index in [1.807, 2.05) is 0 Å². The van der Waals surface area contributed by atoms with E-state index in [0.29, 0.717) is 16.3 Å². The fraction of sp³-hybridized carbons (Fsp3) is 0.100. The van der Waals surface area contributed by atoms with E-state index >= 15 is 0 Å². The number of nitrogens with zero attached hydrogens (tertiary/aromatic N) is 1. The Morgan fingerprint density at radius 2 is 1.71 bits per heavy atom. The van der Waals surface area contributed by atoms with Gasteiger partial charge in [0, 0.05) is 29.6 Å². The number of aromatic nitrogens is 1. The van der Waals surface area contributed by atoms with Crippen LogP contribution in [0.15, 0.2) is 84.0 Å². The van der Waals surface area contributed by atoms with Crippen molar-refractivity contribution in [3.8, 4) is 0 Å². The minimum atomic E-state index is -3.73. The minimum Gasteiger partial charge on any atom is -0.336 e. The summed E-state index contributed by atoms with van der Waals surface area (Å²) in [5.74, 6) is 0. The van der Waals surface area contributed by atoms with Crippen LogP contribution < -0.4 is 10.6 Å². The number of hydrogen-bond donors (Lipinski definition) is 2. The normalized spacial score (nSPS) is 12.2. The number of sulfone groups is 1. The van der Waals surface area contributed by atoms with Crippen molar-refractivity contribution in [3.63, 3.8) is 0 Å². The lowest BCUT2D eigenvalue weighted by Gasteiger charge is -2.19. The second-order valence-electron chi connectivity index (χ2n) is 5.97. The van der Waals surface area contributed by atoms with E-state index in [9.17, 15) is 13.2 Å². The fourth-order valence-corrected chi connectivity index (χ4v) is 4.43. The van der Waals surface area contributed by atoms with Crippen LogP contribution >= 0.6 is 11.6 Å². The maximum absolute atomic E-state index is 13.1. The summed E-state index contributed by atoms with van der Waals surface area (Å²) in [5.41, 5.74) is 1.05. The molecule has 3 rings (SSSR count). The number of halogens is 1. The average Bonchev–Trinajstić information content (AvgIpc) is 2.71. The molecule has 28 heavy (non-hydrogen) atoms. The summed E-state index contributed by atoms with van der Waals surface area (Å²) in [5, 5.41) is 4.86. The number of carbonyl (C=O) groups is 1. The first-order valence-electron chi connectivity index (χ1n) is 8.46. The van der Waals surface area contributed by atoms with Gasteiger partial charge in [-0.2, -0.15) is 0 Å². The number of rotatable bonds is 6. The van der Waals surface area contributed by atoms with Crippen LogP contribution in [0.2, 0.25) is 5.02 Å². The Bertz CT molecular complexity index is 1030. The molecule has 144 valence electrons. The maximum atomic E-state index is 13.1. The van der Waals surface area contributed by atoms with E-state index in [-0.39, 0.29) is 11.4 Å². The minimum absolute atomic E-state index is 0.109. The number of pyridine rings is 1. The van der Waals surface area contributed by atoms with Crippen molar-refractivity contribution >= 4 is 33.2 Å². The van der Waals surface area contributed by atoms with E-state index < -0.39 is 21.1 Å². The fourth-order valence-electron chi connectivity index (χ4n) is 2.64. The van der Waals surface area contributed by atoms with Crippen LogP contribution in [-0.4, -0.2) is 26.0 Å². The third-order valence-electron chi connectivity index (χ3n) is 4.05. The molecule has 0 aliphatic rings. The second kappa shape index (κ2) is 8.86. The van der Waals surface area contributed by atoms with Crippen molar-refractivity contribution in [1.82, 2.24) is 10.3 Å². The molecule has 2 aromatic carbocycles. The lowest BCUT2D eigenvalue weighted by Crippen LogP contribution is -2.35. The van der Waals surface area contributed by atoms with Gasteiger partial charge >= 0.3 is 6.03 Å². The first-order valence-corrected chi connectivity index (χ1v) is 10.4. The number of nitrogens with one attached hydrogen (secondary N) is 2. The molecule has 0 aliphatic heterocycles. The summed E-state index contributed by atoms with van der Waals surface area (Å²) in [6.07, 6.45) is 3.06. The van der Waals surface area contributed by atoms with Gasteiger partial charge in [0.15, 0.2) is 9.84 Å². The van der Waals surface area contributed by atoms with Crippen molar-refractivity contribution in [2.75, 3.05) is 11.9 Å². The van der Waals surface area contributed by atoms with Gasteiger partial charge in [0.05, 0.1) is 4.90 Å². The molecule has 1 atom stereocenters. The molecule has 1 heterocycles. The van der Waals surface area contributed by atoms with Gasteiger partial charge in [-0.15, -0.1) is 0 Å². The molecule has 0 bridgehead atoms. The molecule has 3 aromatic rings. The third-order valence-corrected chi connectivity index (χ3v) is 6.42. The van der Waals surface area contributed by atoms with Gasteiger partial charge in [0.25, 0.3) is 0 Å². The zero-order valence-corrected chi connectivity index (χ0v) is 16.3. The summed E-state index contributed by atoms with van der Waals surface area (Å²) in [4.78, 5) is 16.4. The molecular formula is C20H18ClN3O3S. The highest BCUT2D eigenvalue weighted by molar-refractivity contribution is 7.91. The summed E-state index contributed by atoms with van der Waals surface area (Å²) < 4.78 is 26.3. The van der Waals surface area contributed by atoms with Gasteiger partial charge in [-0.05, 0) is 48.0 Å². The summed E-state index contributed by atoms with van der Waals surface area (Å²) in [6.45, 7) is -0.109. The smallest absolute Gasteiger partial charge is 0.319 e. The van der Waals surface area contributed by atoms with Crippen LogP contribution in [-0.2, 0) is 9.84 Å². The first kappa shape index (κ1) is 19.9. The van der Waals surface area contributed by atoms with Gasteiger partial charge in [-0.1, -0.05) is 35.9 Å². The van der Waals surface area contributed by atoms with E-state index in [0.717, 1.165) is 0 Å². The van der Waals surface area contributed by atoms with Crippen LogP contribution in [0.25, 0.3) is 0 Å². The molecule has 0 saturated carbocycles. The van der Waals surface area contributed by atoms with Crippen molar-refractivity contribution in [2.45, 2.75) is 10.1 Å². The molecule has 1 unspecified atom stereocenters. The number of urea groups is 1. The van der Waals surface area contributed by atoms with Crippen LogP contribution in [0.5, 0.6) is 0 Å². The van der Waals surface area contributed by atoms with Gasteiger partial charge in [0.2, 0.25) is 0 Å². The summed E-state index contributed by atoms with van der Waals surface area (Å²) in [7, 11) is -3.73. The van der Waals surface area contributed by atoms with Gasteiger partial charge in [-0.3, -0.25) is 4.98 Å².